The van der Waals surface area contributed by atoms with Crippen LogP contribution in [-0.2, 0) is 0 Å². The topological polar surface area (TPSA) is 78.1 Å². The van der Waals surface area contributed by atoms with Gasteiger partial charge in [-0.3, -0.25) is 14.7 Å². The quantitative estimate of drug-likeness (QED) is 0.588. The van der Waals surface area contributed by atoms with E-state index >= 15 is 0 Å². The van der Waals surface area contributed by atoms with Crippen LogP contribution in [0.25, 0.3) is 11.3 Å². The Morgan fingerprint density at radius 1 is 1.07 bits per heavy atom. The number of carbonyl (C=O) groups is 2. The molecule has 2 aromatic carbocycles. The molecule has 6 nitrogen and oxygen atoms in total. The molecule has 144 valence electrons. The highest BCUT2D eigenvalue weighted by molar-refractivity contribution is 9.10. The van der Waals surface area contributed by atoms with Crippen LogP contribution in [0, 0.1) is 0 Å². The molecule has 0 aliphatic carbocycles. The van der Waals surface area contributed by atoms with E-state index in [1.165, 1.54) is 0 Å². The monoisotopic (exact) mass is 440 g/mol. The summed E-state index contributed by atoms with van der Waals surface area (Å²) in [5.74, 6) is -0.372. The molecule has 3 rings (SSSR count). The Morgan fingerprint density at radius 2 is 1.79 bits per heavy atom. The summed E-state index contributed by atoms with van der Waals surface area (Å²) >= 11 is 3.40. The molecule has 0 unspecified atom stereocenters. The van der Waals surface area contributed by atoms with Crippen molar-refractivity contribution in [1.29, 1.82) is 0 Å². The van der Waals surface area contributed by atoms with E-state index in [9.17, 15) is 9.59 Å². The molecule has 7 heteroatoms. The number of benzene rings is 2. The zero-order valence-corrected chi connectivity index (χ0v) is 17.3. The lowest BCUT2D eigenvalue weighted by atomic mass is 10.1. The predicted molar refractivity (Wildman–Crippen MR) is 113 cm³/mol. The molecule has 0 aliphatic heterocycles. The average molecular weight is 441 g/mol. The minimum Gasteiger partial charge on any atom is -0.339 e. The second-order valence-electron chi connectivity index (χ2n) is 6.19. The van der Waals surface area contributed by atoms with E-state index in [1.54, 1.807) is 35.2 Å². The van der Waals surface area contributed by atoms with E-state index in [-0.39, 0.29) is 11.8 Å². The third-order valence-electron chi connectivity index (χ3n) is 4.38. The Hall–Kier alpha value is -2.93. The number of aromatic amines is 1. The van der Waals surface area contributed by atoms with Crippen molar-refractivity contribution in [2.75, 3.05) is 18.4 Å². The van der Waals surface area contributed by atoms with Gasteiger partial charge in [-0.05, 0) is 50.2 Å². The molecule has 2 amide bonds. The summed E-state index contributed by atoms with van der Waals surface area (Å²) < 4.78 is 0.976. The van der Waals surface area contributed by atoms with Crippen LogP contribution in [0.2, 0.25) is 0 Å². The van der Waals surface area contributed by atoms with Crippen LogP contribution in [0.15, 0.2) is 59.1 Å². The van der Waals surface area contributed by atoms with Crippen LogP contribution in [0.5, 0.6) is 0 Å². The number of anilines is 1. The smallest absolute Gasteiger partial charge is 0.273 e. The molecular formula is C21H21BrN4O2. The maximum atomic E-state index is 12.6. The summed E-state index contributed by atoms with van der Waals surface area (Å²) in [5, 5.41) is 9.79. The Balaban J connectivity index is 1.74. The van der Waals surface area contributed by atoms with Gasteiger partial charge in [0.25, 0.3) is 11.8 Å². The van der Waals surface area contributed by atoms with Gasteiger partial charge in [0, 0.05) is 34.4 Å². The molecule has 3 aromatic rings. The third kappa shape index (κ3) is 4.48. The normalized spacial score (nSPS) is 10.5. The summed E-state index contributed by atoms with van der Waals surface area (Å²) in [6.45, 7) is 5.15. The molecule has 0 bridgehead atoms. The van der Waals surface area contributed by atoms with Crippen LogP contribution in [0.1, 0.15) is 34.7 Å². The van der Waals surface area contributed by atoms with Crippen molar-refractivity contribution in [1.82, 2.24) is 15.1 Å². The first-order chi connectivity index (χ1) is 13.5. The van der Waals surface area contributed by atoms with Gasteiger partial charge < -0.3 is 10.2 Å². The van der Waals surface area contributed by atoms with Gasteiger partial charge in [0.05, 0.1) is 5.69 Å². The van der Waals surface area contributed by atoms with Crippen molar-refractivity contribution in [3.63, 3.8) is 0 Å². The van der Waals surface area contributed by atoms with Gasteiger partial charge in [-0.15, -0.1) is 0 Å². The van der Waals surface area contributed by atoms with E-state index in [0.717, 1.165) is 10.0 Å². The minimum atomic E-state index is -0.316. The van der Waals surface area contributed by atoms with Crippen molar-refractivity contribution >= 4 is 33.4 Å². The molecule has 0 spiro atoms. The first-order valence-corrected chi connectivity index (χ1v) is 9.83. The van der Waals surface area contributed by atoms with Crippen molar-refractivity contribution in [3.05, 3.63) is 70.3 Å². The molecule has 0 aliphatic rings. The molecular weight excluding hydrogens is 420 g/mol. The summed E-state index contributed by atoms with van der Waals surface area (Å²) in [5.41, 5.74) is 3.04. The fourth-order valence-corrected chi connectivity index (χ4v) is 3.09. The number of aromatic nitrogens is 2. The number of hydrogen-bond acceptors (Lipinski definition) is 3. The summed E-state index contributed by atoms with van der Waals surface area (Å²) in [6, 6.07) is 16.3. The van der Waals surface area contributed by atoms with Crippen molar-refractivity contribution < 1.29 is 9.59 Å². The average Bonchev–Trinajstić information content (AvgIpc) is 3.20. The summed E-state index contributed by atoms with van der Waals surface area (Å²) in [6.07, 6.45) is 0. The number of nitrogens with zero attached hydrogens (tertiary/aromatic N) is 2. The zero-order valence-electron chi connectivity index (χ0n) is 15.7. The lowest BCUT2D eigenvalue weighted by molar-refractivity contribution is 0.0772. The van der Waals surface area contributed by atoms with Crippen molar-refractivity contribution in [2.24, 2.45) is 0 Å². The van der Waals surface area contributed by atoms with Gasteiger partial charge in [-0.25, -0.2) is 0 Å². The second kappa shape index (κ2) is 8.84. The highest BCUT2D eigenvalue weighted by Gasteiger charge is 2.15. The van der Waals surface area contributed by atoms with Crippen LogP contribution in [-0.4, -0.2) is 40.0 Å². The van der Waals surface area contributed by atoms with Gasteiger partial charge in [0.15, 0.2) is 0 Å². The molecule has 0 atom stereocenters. The molecule has 0 radical (unpaired) electrons. The van der Waals surface area contributed by atoms with Gasteiger partial charge in [0.2, 0.25) is 0 Å². The fourth-order valence-electron chi connectivity index (χ4n) is 2.83. The van der Waals surface area contributed by atoms with E-state index < -0.39 is 0 Å². The van der Waals surface area contributed by atoms with E-state index in [0.29, 0.717) is 35.7 Å². The second-order valence-corrected chi connectivity index (χ2v) is 7.10. The van der Waals surface area contributed by atoms with Gasteiger partial charge in [-0.2, -0.15) is 5.10 Å². The lowest BCUT2D eigenvalue weighted by Gasteiger charge is -2.18. The number of amides is 2. The molecule has 28 heavy (non-hydrogen) atoms. The lowest BCUT2D eigenvalue weighted by Crippen LogP contribution is -2.30. The molecule has 1 heterocycles. The van der Waals surface area contributed by atoms with Crippen LogP contribution in [0.3, 0.4) is 0 Å². The number of H-pyrrole nitrogens is 1. The Labute approximate surface area is 172 Å². The van der Waals surface area contributed by atoms with Crippen LogP contribution >= 0.6 is 15.9 Å². The number of nitrogens with one attached hydrogen (secondary N) is 2. The molecule has 0 fully saturated rings. The van der Waals surface area contributed by atoms with E-state index in [4.69, 9.17) is 0 Å². The number of carbonyl (C=O) groups excluding carboxylic acids is 2. The van der Waals surface area contributed by atoms with E-state index in [2.05, 4.69) is 31.4 Å². The first kappa shape index (κ1) is 19.8. The van der Waals surface area contributed by atoms with Crippen molar-refractivity contribution in [2.45, 2.75) is 13.8 Å². The predicted octanol–water partition coefficient (Wildman–Crippen LogP) is 4.57. The molecule has 2 N–H and O–H groups in total. The first-order valence-electron chi connectivity index (χ1n) is 9.03. The Morgan fingerprint density at radius 3 is 2.46 bits per heavy atom. The number of halogens is 1. The maximum absolute atomic E-state index is 12.6. The van der Waals surface area contributed by atoms with Gasteiger partial charge >= 0.3 is 0 Å². The Bertz CT molecular complexity index is 978. The van der Waals surface area contributed by atoms with Crippen molar-refractivity contribution in [3.8, 4) is 11.3 Å². The van der Waals surface area contributed by atoms with E-state index in [1.807, 2.05) is 38.1 Å². The fraction of sp³-hybridized carbons (Fsp3) is 0.190. The molecule has 0 saturated carbocycles. The highest BCUT2D eigenvalue weighted by Crippen LogP contribution is 2.21. The number of hydrogen-bond donors (Lipinski definition) is 2. The maximum Gasteiger partial charge on any atom is 0.273 e. The van der Waals surface area contributed by atoms with Gasteiger partial charge in [-0.1, -0.05) is 34.1 Å². The van der Waals surface area contributed by atoms with Crippen LogP contribution < -0.4 is 5.32 Å². The minimum absolute atomic E-state index is 0.0554. The Kier molecular flexibility index (Phi) is 6.26. The summed E-state index contributed by atoms with van der Waals surface area (Å²) in [7, 11) is 0. The standard InChI is InChI=1S/C21H21BrN4O2/c1-3-26(4-2)21(28)15-6-5-7-17(12-15)23-20(27)19-13-18(24-25-19)14-8-10-16(22)11-9-14/h5-13H,3-4H2,1-2H3,(H,23,27)(H,24,25). The zero-order chi connectivity index (χ0) is 20.1. The summed E-state index contributed by atoms with van der Waals surface area (Å²) in [4.78, 5) is 26.8. The molecule has 1 aromatic heterocycles. The SMILES string of the molecule is CCN(CC)C(=O)c1cccc(NC(=O)c2cc(-c3ccc(Br)cc3)n[nH]2)c1. The van der Waals surface area contributed by atoms with Gasteiger partial charge in [0.1, 0.15) is 5.69 Å². The number of rotatable bonds is 6. The molecule has 0 saturated heterocycles. The highest BCUT2D eigenvalue weighted by atomic mass is 79.9. The largest absolute Gasteiger partial charge is 0.339 e. The van der Waals surface area contributed by atoms with Crippen LogP contribution in [0.4, 0.5) is 5.69 Å². The third-order valence-corrected chi connectivity index (χ3v) is 4.91.